The van der Waals surface area contributed by atoms with Gasteiger partial charge >= 0.3 is 0 Å². The largest absolute Gasteiger partial charge is 0.496 e. The van der Waals surface area contributed by atoms with Gasteiger partial charge in [0.1, 0.15) is 5.75 Å². The molecule has 2 aliphatic rings. The molecule has 2 fully saturated rings. The van der Waals surface area contributed by atoms with Gasteiger partial charge in [-0.05, 0) is 54.5 Å². The molecule has 1 aliphatic carbocycles. The second kappa shape index (κ2) is 9.09. The van der Waals surface area contributed by atoms with Gasteiger partial charge in [0.15, 0.2) is 0 Å². The molecule has 0 spiro atoms. The number of carbonyl (C=O) groups is 1. The van der Waals surface area contributed by atoms with Crippen LogP contribution in [0.5, 0.6) is 5.75 Å². The van der Waals surface area contributed by atoms with Crippen LogP contribution in [0.1, 0.15) is 36.3 Å². The highest BCUT2D eigenvalue weighted by Gasteiger charge is 2.45. The normalized spacial score (nSPS) is 22.7. The number of hydrogen-bond donors (Lipinski definition) is 1. The Kier molecular flexibility index (Phi) is 6.31. The molecule has 5 nitrogen and oxygen atoms in total. The van der Waals surface area contributed by atoms with Gasteiger partial charge in [0.2, 0.25) is 5.91 Å². The zero-order valence-corrected chi connectivity index (χ0v) is 17.5. The van der Waals surface area contributed by atoms with Gasteiger partial charge in [-0.2, -0.15) is 0 Å². The molecule has 29 heavy (non-hydrogen) atoms. The van der Waals surface area contributed by atoms with Crippen molar-refractivity contribution in [3.05, 3.63) is 59.7 Å². The predicted octanol–water partition coefficient (Wildman–Crippen LogP) is 3.87. The highest BCUT2D eigenvalue weighted by Crippen LogP contribution is 2.50. The van der Waals surface area contributed by atoms with Crippen molar-refractivity contribution >= 4 is 22.4 Å². The van der Waals surface area contributed by atoms with Gasteiger partial charge in [0.25, 0.3) is 0 Å². The SMILES string of the molecule is COc1ccccc1C1CC1C(=O)Nc1cccc(CS(=O)C2CCOCC2)c1. The molecule has 1 amide bonds. The minimum Gasteiger partial charge on any atom is -0.496 e. The third kappa shape index (κ3) is 4.87. The van der Waals surface area contributed by atoms with E-state index in [0.29, 0.717) is 19.0 Å². The summed E-state index contributed by atoms with van der Waals surface area (Å²) in [6.07, 6.45) is 2.55. The third-order valence-corrected chi connectivity index (χ3v) is 7.54. The molecule has 4 rings (SSSR count). The molecule has 1 saturated carbocycles. The number of ether oxygens (including phenoxy) is 2. The summed E-state index contributed by atoms with van der Waals surface area (Å²) in [6.45, 7) is 1.39. The molecule has 1 heterocycles. The summed E-state index contributed by atoms with van der Waals surface area (Å²) in [7, 11) is 0.743. The van der Waals surface area contributed by atoms with Crippen molar-refractivity contribution < 1.29 is 18.5 Å². The Hall–Kier alpha value is -2.18. The minimum absolute atomic E-state index is 0.0311. The standard InChI is InChI=1S/C23H27NO4S/c1-27-22-8-3-2-7-19(22)20-14-21(20)23(25)24-17-6-4-5-16(13-17)15-29(26)18-9-11-28-12-10-18/h2-8,13,18,20-21H,9-12,14-15H2,1H3,(H,24,25). The fourth-order valence-corrected chi connectivity index (χ4v) is 5.46. The van der Waals surface area contributed by atoms with E-state index in [-0.39, 0.29) is 23.0 Å². The lowest BCUT2D eigenvalue weighted by Gasteiger charge is -2.21. The Morgan fingerprint density at radius 2 is 1.97 bits per heavy atom. The summed E-state index contributed by atoms with van der Waals surface area (Å²) in [5, 5.41) is 3.24. The summed E-state index contributed by atoms with van der Waals surface area (Å²) < 4.78 is 23.4. The number of hydrogen-bond acceptors (Lipinski definition) is 4. The van der Waals surface area contributed by atoms with Gasteiger partial charge in [-0.3, -0.25) is 9.00 Å². The smallest absolute Gasteiger partial charge is 0.228 e. The van der Waals surface area contributed by atoms with Crippen LogP contribution < -0.4 is 10.1 Å². The Morgan fingerprint density at radius 1 is 1.17 bits per heavy atom. The molecule has 154 valence electrons. The van der Waals surface area contributed by atoms with E-state index in [1.165, 1.54) is 0 Å². The van der Waals surface area contributed by atoms with Gasteiger partial charge in [0, 0.05) is 46.6 Å². The highest BCUT2D eigenvalue weighted by molar-refractivity contribution is 7.84. The molecular weight excluding hydrogens is 386 g/mol. The number of benzene rings is 2. The first kappa shape index (κ1) is 20.1. The molecule has 1 saturated heterocycles. The Labute approximate surface area is 174 Å². The monoisotopic (exact) mass is 413 g/mol. The molecule has 0 aromatic heterocycles. The van der Waals surface area contributed by atoms with E-state index in [9.17, 15) is 9.00 Å². The van der Waals surface area contributed by atoms with E-state index in [0.717, 1.165) is 41.8 Å². The summed E-state index contributed by atoms with van der Waals surface area (Å²) >= 11 is 0. The molecule has 2 aromatic carbocycles. The highest BCUT2D eigenvalue weighted by atomic mass is 32.2. The number of anilines is 1. The van der Waals surface area contributed by atoms with Crippen LogP contribution in [0.25, 0.3) is 0 Å². The van der Waals surface area contributed by atoms with Crippen molar-refractivity contribution in [1.82, 2.24) is 0 Å². The number of carbonyl (C=O) groups excluding carboxylic acids is 1. The summed E-state index contributed by atoms with van der Waals surface area (Å²) in [5.74, 6) is 1.55. The second-order valence-corrected chi connectivity index (χ2v) is 9.43. The van der Waals surface area contributed by atoms with Gasteiger partial charge in [-0.15, -0.1) is 0 Å². The van der Waals surface area contributed by atoms with Crippen molar-refractivity contribution in [3.8, 4) is 5.75 Å². The Bertz CT molecular complexity index is 894. The molecule has 0 bridgehead atoms. The zero-order valence-electron chi connectivity index (χ0n) is 16.6. The van der Waals surface area contributed by atoms with Crippen molar-refractivity contribution in [3.63, 3.8) is 0 Å². The van der Waals surface area contributed by atoms with Crippen LogP contribution in [0.3, 0.4) is 0 Å². The number of amides is 1. The fourth-order valence-electron chi connectivity index (χ4n) is 4.00. The van der Waals surface area contributed by atoms with E-state index < -0.39 is 10.8 Å². The first-order chi connectivity index (χ1) is 14.2. The van der Waals surface area contributed by atoms with E-state index in [4.69, 9.17) is 9.47 Å². The number of rotatable bonds is 7. The molecule has 1 N–H and O–H groups in total. The average Bonchev–Trinajstić information content (AvgIpc) is 3.55. The molecule has 3 atom stereocenters. The van der Waals surface area contributed by atoms with Crippen molar-refractivity contribution in [1.29, 1.82) is 0 Å². The van der Waals surface area contributed by atoms with Crippen molar-refractivity contribution in [2.45, 2.75) is 36.2 Å². The maximum absolute atomic E-state index is 12.7. The van der Waals surface area contributed by atoms with Crippen LogP contribution >= 0.6 is 0 Å². The average molecular weight is 414 g/mol. The predicted molar refractivity (Wildman–Crippen MR) is 115 cm³/mol. The Balaban J connectivity index is 1.36. The lowest BCUT2D eigenvalue weighted by atomic mass is 10.1. The van der Waals surface area contributed by atoms with E-state index in [1.54, 1.807) is 7.11 Å². The van der Waals surface area contributed by atoms with E-state index in [2.05, 4.69) is 5.32 Å². The summed E-state index contributed by atoms with van der Waals surface area (Å²) in [4.78, 5) is 12.7. The van der Waals surface area contributed by atoms with Crippen molar-refractivity contribution in [2.24, 2.45) is 5.92 Å². The van der Waals surface area contributed by atoms with Crippen LogP contribution in [-0.4, -0.2) is 35.7 Å². The molecule has 6 heteroatoms. The zero-order chi connectivity index (χ0) is 20.2. The van der Waals surface area contributed by atoms with Crippen LogP contribution in [0.4, 0.5) is 5.69 Å². The van der Waals surface area contributed by atoms with Crippen LogP contribution in [0, 0.1) is 5.92 Å². The van der Waals surface area contributed by atoms with E-state index >= 15 is 0 Å². The molecule has 2 aromatic rings. The van der Waals surface area contributed by atoms with Crippen LogP contribution in [0.15, 0.2) is 48.5 Å². The summed E-state index contributed by atoms with van der Waals surface area (Å²) in [5.41, 5.74) is 2.85. The van der Waals surface area contributed by atoms with Gasteiger partial charge in [-0.25, -0.2) is 0 Å². The summed E-state index contributed by atoms with van der Waals surface area (Å²) in [6, 6.07) is 15.6. The molecular formula is C23H27NO4S. The van der Waals surface area contributed by atoms with Crippen LogP contribution in [0.2, 0.25) is 0 Å². The lowest BCUT2D eigenvalue weighted by molar-refractivity contribution is -0.117. The molecule has 3 unspecified atom stereocenters. The minimum atomic E-state index is -0.916. The number of nitrogens with one attached hydrogen (secondary N) is 1. The Morgan fingerprint density at radius 3 is 2.76 bits per heavy atom. The van der Waals surface area contributed by atoms with E-state index in [1.807, 2.05) is 48.5 Å². The third-order valence-electron chi connectivity index (χ3n) is 5.71. The number of methoxy groups -OCH3 is 1. The molecule has 1 aliphatic heterocycles. The van der Waals surface area contributed by atoms with Crippen molar-refractivity contribution in [2.75, 3.05) is 25.6 Å². The lowest BCUT2D eigenvalue weighted by Crippen LogP contribution is -2.25. The first-order valence-electron chi connectivity index (χ1n) is 10.1. The maximum atomic E-state index is 12.7. The second-order valence-electron chi connectivity index (χ2n) is 7.72. The first-order valence-corrected chi connectivity index (χ1v) is 11.5. The number of para-hydroxylation sites is 1. The maximum Gasteiger partial charge on any atom is 0.228 e. The fraction of sp³-hybridized carbons (Fsp3) is 0.435. The topological polar surface area (TPSA) is 64.6 Å². The van der Waals surface area contributed by atoms with Crippen LogP contribution in [-0.2, 0) is 26.1 Å². The van der Waals surface area contributed by atoms with Gasteiger partial charge < -0.3 is 14.8 Å². The van der Waals surface area contributed by atoms with Gasteiger partial charge in [0.05, 0.1) is 7.11 Å². The quantitative estimate of drug-likeness (QED) is 0.749. The molecule has 0 radical (unpaired) electrons. The van der Waals surface area contributed by atoms with Gasteiger partial charge in [-0.1, -0.05) is 30.3 Å².